The third-order valence-corrected chi connectivity index (χ3v) is 3.01. The van der Waals surface area contributed by atoms with Crippen molar-refractivity contribution in [3.05, 3.63) is 64.2 Å². The predicted octanol–water partition coefficient (Wildman–Crippen LogP) is 4.30. The Kier molecular flexibility index (Phi) is 4.63. The van der Waals surface area contributed by atoms with Gasteiger partial charge in [-0.25, -0.2) is 26.3 Å². The molecule has 0 amide bonds. The van der Waals surface area contributed by atoms with Crippen LogP contribution in [0.5, 0.6) is 5.75 Å². The molecular weight excluding hydrogens is 326 g/mol. The number of halogens is 6. The Balaban J connectivity index is 2.30. The van der Waals surface area contributed by atoms with Crippen LogP contribution in [0, 0.1) is 34.9 Å². The Morgan fingerprint density at radius 2 is 1.43 bits per heavy atom. The van der Waals surface area contributed by atoms with E-state index in [1.165, 1.54) is 13.0 Å². The predicted molar refractivity (Wildman–Crippen MR) is 67.0 cm³/mol. The van der Waals surface area contributed by atoms with Gasteiger partial charge >= 0.3 is 0 Å². The molecule has 0 aliphatic rings. The van der Waals surface area contributed by atoms with Crippen LogP contribution in [0.1, 0.15) is 22.8 Å². The highest BCUT2D eigenvalue weighted by Crippen LogP contribution is 2.25. The third kappa shape index (κ3) is 3.15. The lowest BCUT2D eigenvalue weighted by molar-refractivity contribution is 0.101. The molecule has 0 aliphatic carbocycles. The first-order chi connectivity index (χ1) is 10.7. The molecule has 0 aliphatic heterocycles. The summed E-state index contributed by atoms with van der Waals surface area (Å²) >= 11 is 0. The lowest BCUT2D eigenvalue weighted by Gasteiger charge is -2.11. The highest BCUT2D eigenvalue weighted by molar-refractivity contribution is 5.94. The number of rotatable bonds is 4. The molecule has 0 aromatic heterocycles. The molecule has 2 aromatic rings. The highest BCUT2D eigenvalue weighted by atomic mass is 19.2. The molecule has 122 valence electrons. The number of carbonyl (C=O) groups excluding carboxylic acids is 1. The van der Waals surface area contributed by atoms with Gasteiger partial charge in [0.1, 0.15) is 6.61 Å². The van der Waals surface area contributed by atoms with Crippen LogP contribution in [0.4, 0.5) is 26.3 Å². The number of benzene rings is 2. The average molecular weight is 334 g/mol. The molecule has 0 fully saturated rings. The summed E-state index contributed by atoms with van der Waals surface area (Å²) in [5.74, 6) is -12.6. The Labute approximate surface area is 126 Å². The van der Waals surface area contributed by atoms with Crippen molar-refractivity contribution in [2.75, 3.05) is 0 Å². The minimum absolute atomic E-state index is 0.0334. The Hall–Kier alpha value is -2.51. The van der Waals surface area contributed by atoms with Crippen LogP contribution in [0.2, 0.25) is 0 Å². The monoisotopic (exact) mass is 334 g/mol. The van der Waals surface area contributed by atoms with Crippen molar-refractivity contribution in [2.24, 2.45) is 0 Å². The SMILES string of the molecule is CC(=O)c1ccc(OCc2c(F)c(F)c(F)c(F)c2F)c(F)c1. The van der Waals surface area contributed by atoms with E-state index in [0.717, 1.165) is 12.1 Å². The molecule has 2 rings (SSSR count). The molecule has 0 N–H and O–H groups in total. The van der Waals surface area contributed by atoms with E-state index >= 15 is 0 Å². The minimum Gasteiger partial charge on any atom is -0.486 e. The number of hydrogen-bond donors (Lipinski definition) is 0. The van der Waals surface area contributed by atoms with Gasteiger partial charge in [0.05, 0.1) is 5.56 Å². The van der Waals surface area contributed by atoms with Gasteiger partial charge in [-0.05, 0) is 25.1 Å². The lowest BCUT2D eigenvalue weighted by atomic mass is 10.1. The van der Waals surface area contributed by atoms with E-state index in [2.05, 4.69) is 0 Å². The zero-order chi connectivity index (χ0) is 17.3. The fourth-order valence-electron chi connectivity index (χ4n) is 1.76. The molecule has 0 radical (unpaired) electrons. The summed E-state index contributed by atoms with van der Waals surface area (Å²) in [5.41, 5.74) is -1.19. The molecule has 0 heterocycles. The van der Waals surface area contributed by atoms with Crippen LogP contribution in [0.15, 0.2) is 18.2 Å². The van der Waals surface area contributed by atoms with Gasteiger partial charge in [-0.15, -0.1) is 0 Å². The van der Waals surface area contributed by atoms with Gasteiger partial charge in [-0.3, -0.25) is 4.79 Å². The molecule has 0 saturated heterocycles. The first-order valence-corrected chi connectivity index (χ1v) is 6.17. The largest absolute Gasteiger partial charge is 0.486 e. The van der Waals surface area contributed by atoms with E-state index in [0.29, 0.717) is 0 Å². The third-order valence-electron chi connectivity index (χ3n) is 3.01. The molecule has 2 nitrogen and oxygen atoms in total. The van der Waals surface area contributed by atoms with Crippen molar-refractivity contribution in [1.82, 2.24) is 0 Å². The van der Waals surface area contributed by atoms with Gasteiger partial charge < -0.3 is 4.74 Å². The summed E-state index contributed by atoms with van der Waals surface area (Å²) in [5, 5.41) is 0. The number of hydrogen-bond acceptors (Lipinski definition) is 2. The molecule has 0 atom stereocenters. The van der Waals surface area contributed by atoms with E-state index in [1.54, 1.807) is 0 Å². The first-order valence-electron chi connectivity index (χ1n) is 6.17. The quantitative estimate of drug-likeness (QED) is 0.361. The first kappa shape index (κ1) is 16.9. The summed E-state index contributed by atoms with van der Waals surface area (Å²) in [6, 6.07) is 3.04. The molecule has 8 heteroatoms. The Bertz CT molecular complexity index is 759. The molecule has 23 heavy (non-hydrogen) atoms. The van der Waals surface area contributed by atoms with Crippen molar-refractivity contribution in [3.63, 3.8) is 0 Å². The molecule has 0 bridgehead atoms. The Morgan fingerprint density at radius 3 is 1.91 bits per heavy atom. The zero-order valence-corrected chi connectivity index (χ0v) is 11.5. The number of carbonyl (C=O) groups is 1. The fraction of sp³-hybridized carbons (Fsp3) is 0.133. The average Bonchev–Trinajstić information content (AvgIpc) is 2.52. The second kappa shape index (κ2) is 6.31. The van der Waals surface area contributed by atoms with Crippen LogP contribution < -0.4 is 4.74 Å². The number of ketones is 1. The maximum absolute atomic E-state index is 13.7. The summed E-state index contributed by atoms with van der Waals surface area (Å²) in [6.45, 7) is 0.117. The topological polar surface area (TPSA) is 26.3 Å². The fourth-order valence-corrected chi connectivity index (χ4v) is 1.76. The van der Waals surface area contributed by atoms with Crippen molar-refractivity contribution in [1.29, 1.82) is 0 Å². The van der Waals surface area contributed by atoms with Crippen LogP contribution >= 0.6 is 0 Å². The van der Waals surface area contributed by atoms with Crippen LogP contribution in [0.3, 0.4) is 0 Å². The summed E-state index contributed by atoms with van der Waals surface area (Å²) in [7, 11) is 0. The molecule has 0 unspecified atom stereocenters. The van der Waals surface area contributed by atoms with Crippen molar-refractivity contribution < 1.29 is 35.9 Å². The second-order valence-corrected chi connectivity index (χ2v) is 4.54. The molecule has 0 saturated carbocycles. The summed E-state index contributed by atoms with van der Waals surface area (Å²) in [6.07, 6.45) is 0. The van der Waals surface area contributed by atoms with E-state index in [9.17, 15) is 31.1 Å². The molecule has 2 aromatic carbocycles. The van der Waals surface area contributed by atoms with E-state index < -0.39 is 58.6 Å². The van der Waals surface area contributed by atoms with Gasteiger partial charge in [-0.1, -0.05) is 0 Å². The minimum atomic E-state index is -2.29. The van der Waals surface area contributed by atoms with Crippen molar-refractivity contribution in [3.8, 4) is 5.75 Å². The van der Waals surface area contributed by atoms with E-state index in [4.69, 9.17) is 4.74 Å². The maximum atomic E-state index is 13.7. The van der Waals surface area contributed by atoms with Gasteiger partial charge in [-0.2, -0.15) is 0 Å². The van der Waals surface area contributed by atoms with E-state index in [-0.39, 0.29) is 5.56 Å². The maximum Gasteiger partial charge on any atom is 0.200 e. The van der Waals surface area contributed by atoms with Gasteiger partial charge in [0.2, 0.25) is 5.82 Å². The molecular formula is C15H8F6O2. The number of Topliss-reactive ketones (excluding diaryl/α,β-unsaturated/α-hetero) is 1. The lowest BCUT2D eigenvalue weighted by Crippen LogP contribution is -2.10. The van der Waals surface area contributed by atoms with Crippen LogP contribution in [-0.4, -0.2) is 5.78 Å². The summed E-state index contributed by atoms with van der Waals surface area (Å²) in [4.78, 5) is 11.1. The highest BCUT2D eigenvalue weighted by Gasteiger charge is 2.26. The van der Waals surface area contributed by atoms with E-state index in [1.807, 2.05) is 0 Å². The summed E-state index contributed by atoms with van der Waals surface area (Å²) < 4.78 is 84.2. The normalized spacial score (nSPS) is 10.7. The van der Waals surface area contributed by atoms with Crippen LogP contribution in [-0.2, 0) is 6.61 Å². The molecule has 0 spiro atoms. The number of ether oxygens (including phenoxy) is 1. The van der Waals surface area contributed by atoms with Gasteiger partial charge in [0.15, 0.2) is 40.6 Å². The van der Waals surface area contributed by atoms with Crippen molar-refractivity contribution in [2.45, 2.75) is 13.5 Å². The van der Waals surface area contributed by atoms with Crippen LogP contribution in [0.25, 0.3) is 0 Å². The Morgan fingerprint density at radius 1 is 0.913 bits per heavy atom. The smallest absolute Gasteiger partial charge is 0.200 e. The standard InChI is InChI=1S/C15H8F6O2/c1-6(22)7-2-3-10(9(16)4-7)23-5-8-11(17)13(19)15(21)14(20)12(8)18/h2-4H,5H2,1H3. The van der Waals surface area contributed by atoms with Crippen molar-refractivity contribution >= 4 is 5.78 Å². The van der Waals surface area contributed by atoms with Gasteiger partial charge in [0.25, 0.3) is 0 Å². The zero-order valence-electron chi connectivity index (χ0n) is 11.5. The second-order valence-electron chi connectivity index (χ2n) is 4.54. The van der Waals surface area contributed by atoms with Gasteiger partial charge in [0, 0.05) is 5.56 Å².